The molecule has 0 bridgehead atoms. The molecular weight excluding hydrogens is 264 g/mol. The highest BCUT2D eigenvalue weighted by atomic mass is 16.5. The van der Waals surface area contributed by atoms with Crippen molar-refractivity contribution in [2.24, 2.45) is 0 Å². The third-order valence-corrected chi connectivity index (χ3v) is 2.56. The number of nitrogens with zero attached hydrogens (tertiary/aromatic N) is 3. The van der Waals surface area contributed by atoms with Crippen LogP contribution in [0.4, 0.5) is 0 Å². The van der Waals surface area contributed by atoms with Crippen molar-refractivity contribution in [1.82, 2.24) is 20.3 Å². The number of hydrogen-bond acceptors (Lipinski definition) is 7. The quantitative estimate of drug-likeness (QED) is 0.672. The van der Waals surface area contributed by atoms with Crippen LogP contribution in [0.3, 0.4) is 0 Å². The number of nitrogens with one attached hydrogen (secondary N) is 1. The molecule has 0 aliphatic heterocycles. The van der Waals surface area contributed by atoms with Crippen LogP contribution >= 0.6 is 0 Å². The van der Waals surface area contributed by atoms with E-state index >= 15 is 0 Å². The van der Waals surface area contributed by atoms with Crippen LogP contribution < -0.4 is 10.7 Å². The van der Waals surface area contributed by atoms with Gasteiger partial charge in [-0.3, -0.25) is 4.79 Å². The van der Waals surface area contributed by atoms with E-state index in [-0.39, 0.29) is 6.54 Å². The second-order valence-electron chi connectivity index (χ2n) is 4.17. The summed E-state index contributed by atoms with van der Waals surface area (Å²) in [4.78, 5) is 11.3. The molecule has 0 radical (unpaired) electrons. The van der Waals surface area contributed by atoms with E-state index in [4.69, 9.17) is 14.3 Å². The Balaban J connectivity index is 1.91. The highest BCUT2D eigenvalue weighted by molar-refractivity contribution is 5.15. The topological polar surface area (TPSA) is 102 Å². The number of methoxy groups -OCH3 is 1. The third-order valence-electron chi connectivity index (χ3n) is 2.56. The van der Waals surface area contributed by atoms with Crippen molar-refractivity contribution in [3.63, 3.8) is 0 Å². The summed E-state index contributed by atoms with van der Waals surface area (Å²) < 4.78 is 11.6. The van der Waals surface area contributed by atoms with Gasteiger partial charge in [-0.05, 0) is 0 Å². The molecule has 2 heterocycles. The maximum atomic E-state index is 11.3. The van der Waals surface area contributed by atoms with Gasteiger partial charge in [-0.25, -0.2) is 4.68 Å². The van der Waals surface area contributed by atoms with Crippen LogP contribution in [0.5, 0.6) is 5.75 Å². The van der Waals surface area contributed by atoms with Gasteiger partial charge in [0.05, 0.1) is 18.5 Å². The Kier molecular flexibility index (Phi) is 4.85. The number of aromatic hydroxyl groups is 1. The first-order valence-corrected chi connectivity index (χ1v) is 6.08. The van der Waals surface area contributed by atoms with Crippen molar-refractivity contribution in [2.45, 2.75) is 13.1 Å². The molecule has 0 aliphatic carbocycles. The molecule has 2 N–H and O–H groups in total. The van der Waals surface area contributed by atoms with Crippen molar-refractivity contribution in [3.8, 4) is 5.75 Å². The Bertz CT molecular complexity index is 607. The molecule has 20 heavy (non-hydrogen) atoms. The third kappa shape index (κ3) is 3.90. The lowest BCUT2D eigenvalue weighted by atomic mass is 10.3. The zero-order valence-electron chi connectivity index (χ0n) is 11.1. The molecule has 0 spiro atoms. The Morgan fingerprint density at radius 2 is 2.40 bits per heavy atom. The minimum atomic E-state index is -0.479. The predicted octanol–water partition coefficient (Wildman–Crippen LogP) is -0.279. The molecule has 0 saturated heterocycles. The van der Waals surface area contributed by atoms with Crippen molar-refractivity contribution in [1.29, 1.82) is 0 Å². The average molecular weight is 280 g/mol. The van der Waals surface area contributed by atoms with E-state index in [0.717, 1.165) is 18.5 Å². The molecule has 0 fully saturated rings. The fourth-order valence-corrected chi connectivity index (χ4v) is 1.57. The molecule has 2 aromatic rings. The zero-order valence-corrected chi connectivity index (χ0v) is 11.1. The Morgan fingerprint density at radius 1 is 1.55 bits per heavy atom. The van der Waals surface area contributed by atoms with Gasteiger partial charge in [0.15, 0.2) is 5.75 Å². The molecule has 8 nitrogen and oxygen atoms in total. The summed E-state index contributed by atoms with van der Waals surface area (Å²) in [6.45, 7) is 2.23. The molecule has 0 saturated carbocycles. The Labute approximate surface area is 115 Å². The van der Waals surface area contributed by atoms with Gasteiger partial charge in [0.25, 0.3) is 0 Å². The van der Waals surface area contributed by atoms with Crippen LogP contribution in [0.1, 0.15) is 11.5 Å². The molecule has 8 heteroatoms. The van der Waals surface area contributed by atoms with E-state index in [2.05, 4.69) is 15.6 Å². The van der Waals surface area contributed by atoms with E-state index in [0.29, 0.717) is 18.9 Å². The monoisotopic (exact) mass is 280 g/mol. The van der Waals surface area contributed by atoms with Crippen LogP contribution in [-0.4, -0.2) is 40.4 Å². The van der Waals surface area contributed by atoms with Gasteiger partial charge < -0.3 is 19.6 Å². The summed E-state index contributed by atoms with van der Waals surface area (Å²) >= 11 is 0. The Morgan fingerprint density at radius 3 is 3.15 bits per heavy atom. The first kappa shape index (κ1) is 14.2. The standard InChI is InChI=1S/C12H16N4O4/c1-19-3-2-13-5-9-6-16(15-14-9)7-10-4-11(17)12(18)8-20-10/h4,6,8,13,18H,2-3,5,7H2,1H3. The first-order valence-electron chi connectivity index (χ1n) is 6.08. The molecular formula is C12H16N4O4. The van der Waals surface area contributed by atoms with E-state index < -0.39 is 11.2 Å². The zero-order chi connectivity index (χ0) is 14.4. The van der Waals surface area contributed by atoms with E-state index in [1.165, 1.54) is 6.07 Å². The maximum absolute atomic E-state index is 11.3. The summed E-state index contributed by atoms with van der Waals surface area (Å²) in [5, 5.41) is 20.2. The highest BCUT2D eigenvalue weighted by Gasteiger charge is 2.05. The predicted molar refractivity (Wildman–Crippen MR) is 69.3 cm³/mol. The van der Waals surface area contributed by atoms with Crippen LogP contribution in [0.15, 0.2) is 27.7 Å². The first-order chi connectivity index (χ1) is 9.69. The van der Waals surface area contributed by atoms with Crippen LogP contribution in [0, 0.1) is 0 Å². The summed E-state index contributed by atoms with van der Waals surface area (Å²) in [5.74, 6) is -0.00744. The number of ether oxygens (including phenoxy) is 1. The van der Waals surface area contributed by atoms with Gasteiger partial charge in [-0.2, -0.15) is 0 Å². The average Bonchev–Trinajstić information content (AvgIpc) is 2.87. The number of aromatic nitrogens is 3. The van der Waals surface area contributed by atoms with Gasteiger partial charge in [0, 0.05) is 26.3 Å². The van der Waals surface area contributed by atoms with Crippen LogP contribution in [0.2, 0.25) is 0 Å². The van der Waals surface area contributed by atoms with Gasteiger partial charge >= 0.3 is 0 Å². The second kappa shape index (κ2) is 6.83. The summed E-state index contributed by atoms with van der Waals surface area (Å²) in [6, 6.07) is 1.23. The van der Waals surface area contributed by atoms with E-state index in [1.807, 2.05) is 0 Å². The largest absolute Gasteiger partial charge is 0.502 e. The molecule has 0 unspecified atom stereocenters. The normalized spacial score (nSPS) is 10.8. The summed E-state index contributed by atoms with van der Waals surface area (Å²) in [6.07, 6.45) is 2.77. The van der Waals surface area contributed by atoms with E-state index in [1.54, 1.807) is 18.0 Å². The smallest absolute Gasteiger partial charge is 0.226 e. The number of hydrogen-bond donors (Lipinski definition) is 2. The summed E-state index contributed by atoms with van der Waals surface area (Å²) in [5.41, 5.74) is 0.301. The minimum Gasteiger partial charge on any atom is -0.502 e. The van der Waals surface area contributed by atoms with Crippen molar-refractivity contribution < 1.29 is 14.3 Å². The van der Waals surface area contributed by atoms with Gasteiger partial charge in [0.1, 0.15) is 18.6 Å². The molecule has 0 aromatic carbocycles. The highest BCUT2D eigenvalue weighted by Crippen LogP contribution is 2.05. The lowest BCUT2D eigenvalue weighted by molar-refractivity contribution is 0.199. The van der Waals surface area contributed by atoms with E-state index in [9.17, 15) is 4.79 Å². The van der Waals surface area contributed by atoms with Crippen molar-refractivity contribution >= 4 is 0 Å². The van der Waals surface area contributed by atoms with Crippen LogP contribution in [-0.2, 0) is 17.8 Å². The molecule has 108 valence electrons. The van der Waals surface area contributed by atoms with Gasteiger partial charge in [-0.1, -0.05) is 5.21 Å². The second-order valence-corrected chi connectivity index (χ2v) is 4.17. The molecule has 2 aromatic heterocycles. The van der Waals surface area contributed by atoms with Crippen LogP contribution in [0.25, 0.3) is 0 Å². The Hall–Kier alpha value is -2.19. The SMILES string of the molecule is COCCNCc1cn(Cc2cc(=O)c(O)co2)nn1. The summed E-state index contributed by atoms with van der Waals surface area (Å²) in [7, 11) is 1.64. The van der Waals surface area contributed by atoms with Crippen molar-refractivity contribution in [2.75, 3.05) is 20.3 Å². The molecule has 0 amide bonds. The lowest BCUT2D eigenvalue weighted by Crippen LogP contribution is -2.18. The fourth-order valence-electron chi connectivity index (χ4n) is 1.57. The minimum absolute atomic E-state index is 0.278. The fraction of sp³-hybridized carbons (Fsp3) is 0.417. The maximum Gasteiger partial charge on any atom is 0.226 e. The van der Waals surface area contributed by atoms with Gasteiger partial charge in [-0.15, -0.1) is 5.10 Å². The van der Waals surface area contributed by atoms with Gasteiger partial charge in [0.2, 0.25) is 5.43 Å². The molecule has 2 rings (SSSR count). The lowest BCUT2D eigenvalue weighted by Gasteiger charge is -2.00. The molecule has 0 atom stereocenters. The van der Waals surface area contributed by atoms with Crippen molar-refractivity contribution in [3.05, 3.63) is 40.2 Å². The number of rotatable bonds is 7. The molecule has 0 aliphatic rings.